The monoisotopic (exact) mass is 441 g/mol. The summed E-state index contributed by atoms with van der Waals surface area (Å²) in [4.78, 5) is 8.98. The first kappa shape index (κ1) is 21.9. The molecule has 1 aromatic heterocycles. The molecule has 2 aliphatic rings. The summed E-state index contributed by atoms with van der Waals surface area (Å²) in [6.45, 7) is 3.69. The Balaban J connectivity index is 1.64. The van der Waals surface area contributed by atoms with Gasteiger partial charge in [-0.2, -0.15) is 13.2 Å². The van der Waals surface area contributed by atoms with Crippen LogP contribution in [0.2, 0.25) is 0 Å². The molecular formula is C21H23F4N3O3. The van der Waals surface area contributed by atoms with Crippen LogP contribution in [0.5, 0.6) is 0 Å². The third kappa shape index (κ3) is 4.97. The van der Waals surface area contributed by atoms with Gasteiger partial charge in [-0.15, -0.1) is 0 Å². The van der Waals surface area contributed by atoms with Gasteiger partial charge >= 0.3 is 6.18 Å². The maximum Gasteiger partial charge on any atom is 0.419 e. The Morgan fingerprint density at radius 1 is 1.13 bits per heavy atom. The summed E-state index contributed by atoms with van der Waals surface area (Å²) in [6, 6.07) is 3.22. The lowest BCUT2D eigenvalue weighted by Crippen LogP contribution is -2.17. The molecule has 3 heterocycles. The van der Waals surface area contributed by atoms with Gasteiger partial charge in [0, 0.05) is 25.3 Å². The van der Waals surface area contributed by atoms with E-state index in [1.807, 2.05) is 0 Å². The second kappa shape index (κ2) is 9.05. The highest BCUT2D eigenvalue weighted by atomic mass is 19.4. The number of hydrogen-bond acceptors (Lipinski definition) is 6. The van der Waals surface area contributed by atoms with Crippen molar-refractivity contribution in [2.75, 3.05) is 31.7 Å². The van der Waals surface area contributed by atoms with Crippen LogP contribution in [0.1, 0.15) is 40.9 Å². The maximum absolute atomic E-state index is 14.4. The van der Waals surface area contributed by atoms with E-state index in [0.29, 0.717) is 56.0 Å². The fourth-order valence-corrected chi connectivity index (χ4v) is 3.83. The number of nitrogens with zero attached hydrogens (tertiary/aromatic N) is 2. The number of anilines is 1. The maximum atomic E-state index is 14.4. The standard InChI is InChI=1S/C21H23F4N3O3/c1-12-27-16(9-13-5-6-29-11-13)17(20-30-7-8-31-20)19(28-12)26-10-14-3-2-4-15(18(14)22)21(23,24)25/h2-4,13,20H,5-11H2,1H3,(H,26,27,28). The molecule has 168 valence electrons. The molecule has 1 aromatic carbocycles. The van der Waals surface area contributed by atoms with Gasteiger partial charge in [-0.3, -0.25) is 0 Å². The Bertz CT molecular complexity index is 927. The lowest BCUT2D eigenvalue weighted by Gasteiger charge is -2.21. The molecule has 2 aromatic rings. The number of nitrogens with one attached hydrogen (secondary N) is 1. The predicted molar refractivity (Wildman–Crippen MR) is 103 cm³/mol. The van der Waals surface area contributed by atoms with Crippen molar-refractivity contribution in [2.45, 2.75) is 38.8 Å². The number of halogens is 4. The molecule has 1 atom stereocenters. The van der Waals surface area contributed by atoms with Crippen molar-refractivity contribution < 1.29 is 31.8 Å². The quantitative estimate of drug-likeness (QED) is 0.679. The zero-order chi connectivity index (χ0) is 22.0. The van der Waals surface area contributed by atoms with E-state index in [-0.39, 0.29) is 12.1 Å². The van der Waals surface area contributed by atoms with Crippen LogP contribution in [0.3, 0.4) is 0 Å². The smallest absolute Gasteiger partial charge is 0.381 e. The van der Waals surface area contributed by atoms with Crippen molar-refractivity contribution >= 4 is 5.82 Å². The van der Waals surface area contributed by atoms with Crippen LogP contribution in [0.15, 0.2) is 18.2 Å². The summed E-state index contributed by atoms with van der Waals surface area (Å²) in [7, 11) is 0. The number of alkyl halides is 3. The van der Waals surface area contributed by atoms with Gasteiger partial charge < -0.3 is 19.5 Å². The molecular weight excluding hydrogens is 418 g/mol. The molecule has 0 bridgehead atoms. The molecule has 0 radical (unpaired) electrons. The van der Waals surface area contributed by atoms with Crippen molar-refractivity contribution in [2.24, 2.45) is 5.92 Å². The van der Waals surface area contributed by atoms with Gasteiger partial charge in [0.15, 0.2) is 6.29 Å². The summed E-state index contributed by atoms with van der Waals surface area (Å²) in [6.07, 6.45) is -3.91. The zero-order valence-electron chi connectivity index (χ0n) is 17.0. The first-order valence-electron chi connectivity index (χ1n) is 10.1. The van der Waals surface area contributed by atoms with Crippen LogP contribution in [0.4, 0.5) is 23.4 Å². The molecule has 2 fully saturated rings. The van der Waals surface area contributed by atoms with Gasteiger partial charge in [-0.25, -0.2) is 14.4 Å². The number of hydrogen-bond donors (Lipinski definition) is 1. The molecule has 0 saturated carbocycles. The topological polar surface area (TPSA) is 65.5 Å². The molecule has 2 aliphatic heterocycles. The average molecular weight is 441 g/mol. The third-order valence-corrected chi connectivity index (χ3v) is 5.33. The number of benzene rings is 1. The average Bonchev–Trinajstić information content (AvgIpc) is 3.40. The minimum atomic E-state index is -4.77. The van der Waals surface area contributed by atoms with E-state index in [2.05, 4.69) is 15.3 Å². The van der Waals surface area contributed by atoms with Crippen LogP contribution in [-0.2, 0) is 33.4 Å². The molecule has 1 unspecified atom stereocenters. The SMILES string of the molecule is Cc1nc(CC2CCOC2)c(C2OCCO2)c(NCc2cccc(C(F)(F)F)c2F)n1. The van der Waals surface area contributed by atoms with E-state index in [1.165, 1.54) is 12.1 Å². The Labute approximate surface area is 176 Å². The summed E-state index contributed by atoms with van der Waals surface area (Å²) in [5, 5.41) is 2.98. The first-order chi connectivity index (χ1) is 14.8. The molecule has 31 heavy (non-hydrogen) atoms. The fourth-order valence-electron chi connectivity index (χ4n) is 3.83. The fraction of sp³-hybridized carbons (Fsp3) is 0.524. The molecule has 0 spiro atoms. The zero-order valence-corrected chi connectivity index (χ0v) is 17.0. The number of ether oxygens (including phenoxy) is 3. The van der Waals surface area contributed by atoms with Gasteiger partial charge in [0.2, 0.25) is 0 Å². The second-order valence-corrected chi connectivity index (χ2v) is 7.62. The van der Waals surface area contributed by atoms with Crippen LogP contribution in [0, 0.1) is 18.7 Å². The van der Waals surface area contributed by atoms with E-state index >= 15 is 0 Å². The normalized spacial score (nSPS) is 19.8. The van der Waals surface area contributed by atoms with E-state index < -0.39 is 23.8 Å². The van der Waals surface area contributed by atoms with Gasteiger partial charge in [-0.05, 0) is 31.7 Å². The van der Waals surface area contributed by atoms with Crippen LogP contribution >= 0.6 is 0 Å². The second-order valence-electron chi connectivity index (χ2n) is 7.62. The Morgan fingerprint density at radius 3 is 2.58 bits per heavy atom. The van der Waals surface area contributed by atoms with Gasteiger partial charge in [0.1, 0.15) is 17.5 Å². The van der Waals surface area contributed by atoms with Crippen molar-refractivity contribution in [3.8, 4) is 0 Å². The molecule has 0 amide bonds. The van der Waals surface area contributed by atoms with Crippen molar-refractivity contribution in [1.29, 1.82) is 0 Å². The number of rotatable bonds is 6. The highest BCUT2D eigenvalue weighted by Gasteiger charge is 2.35. The molecule has 1 N–H and O–H groups in total. The Kier molecular flexibility index (Phi) is 6.40. The highest BCUT2D eigenvalue weighted by Crippen LogP contribution is 2.35. The number of aromatic nitrogens is 2. The largest absolute Gasteiger partial charge is 0.419 e. The molecule has 4 rings (SSSR count). The Hall–Kier alpha value is -2.30. The molecule has 10 heteroatoms. The Morgan fingerprint density at radius 2 is 1.90 bits per heavy atom. The summed E-state index contributed by atoms with van der Waals surface area (Å²) in [5.74, 6) is -0.150. The van der Waals surface area contributed by atoms with Gasteiger partial charge in [0.05, 0.1) is 30.0 Å². The van der Waals surface area contributed by atoms with E-state index in [9.17, 15) is 17.6 Å². The molecule has 0 aliphatic carbocycles. The summed E-state index contributed by atoms with van der Waals surface area (Å²) in [5.41, 5.74) is -0.0735. The summed E-state index contributed by atoms with van der Waals surface area (Å²) >= 11 is 0. The van der Waals surface area contributed by atoms with Crippen molar-refractivity contribution in [3.05, 3.63) is 52.2 Å². The lowest BCUT2D eigenvalue weighted by atomic mass is 9.99. The number of aryl methyl sites for hydroxylation is 1. The highest BCUT2D eigenvalue weighted by molar-refractivity contribution is 5.49. The minimum Gasteiger partial charge on any atom is -0.381 e. The van der Waals surface area contributed by atoms with E-state index in [0.717, 1.165) is 18.2 Å². The van der Waals surface area contributed by atoms with E-state index in [1.54, 1.807) is 6.92 Å². The van der Waals surface area contributed by atoms with Crippen LogP contribution in [-0.4, -0.2) is 36.4 Å². The molecule has 6 nitrogen and oxygen atoms in total. The third-order valence-electron chi connectivity index (χ3n) is 5.33. The minimum absolute atomic E-state index is 0.115. The lowest BCUT2D eigenvalue weighted by molar-refractivity contribution is -0.140. The van der Waals surface area contributed by atoms with Gasteiger partial charge in [-0.1, -0.05) is 12.1 Å². The van der Waals surface area contributed by atoms with Gasteiger partial charge in [0.25, 0.3) is 0 Å². The molecule has 2 saturated heterocycles. The van der Waals surface area contributed by atoms with Crippen LogP contribution < -0.4 is 5.32 Å². The van der Waals surface area contributed by atoms with Crippen LogP contribution in [0.25, 0.3) is 0 Å². The summed E-state index contributed by atoms with van der Waals surface area (Å²) < 4.78 is 70.3. The predicted octanol–water partition coefficient (Wildman–Crippen LogP) is 4.18. The van der Waals surface area contributed by atoms with E-state index in [4.69, 9.17) is 14.2 Å². The van der Waals surface area contributed by atoms with Crippen molar-refractivity contribution in [1.82, 2.24) is 9.97 Å². The van der Waals surface area contributed by atoms with Crippen molar-refractivity contribution in [3.63, 3.8) is 0 Å². The first-order valence-corrected chi connectivity index (χ1v) is 10.1.